The van der Waals surface area contributed by atoms with Crippen LogP contribution in [0, 0.1) is 5.92 Å². The summed E-state index contributed by atoms with van der Waals surface area (Å²) in [6, 6.07) is 4.61. The standard InChI is InChI=1S/C20H31N3O4.ClH/c1-12(2)18(20(25)22-17-7-6-8-21-13(17)3)23-19(24)14-9-15(26-4)11-16(10-14)27-5;/h9-13,17-18,21H,6-8H2,1-5H3,(H,22,25)(H,23,24);1H. The molecule has 3 atom stereocenters. The summed E-state index contributed by atoms with van der Waals surface area (Å²) in [5.41, 5.74) is 0.386. The molecule has 0 radical (unpaired) electrons. The third-order valence-corrected chi connectivity index (χ3v) is 4.94. The molecule has 1 heterocycles. The van der Waals surface area contributed by atoms with E-state index in [4.69, 9.17) is 9.47 Å². The molecule has 3 N–H and O–H groups in total. The van der Waals surface area contributed by atoms with Crippen LogP contribution in [0.4, 0.5) is 0 Å². The van der Waals surface area contributed by atoms with Crippen molar-refractivity contribution in [2.24, 2.45) is 5.92 Å². The van der Waals surface area contributed by atoms with Crippen molar-refractivity contribution >= 4 is 24.2 Å². The number of hydrogen-bond donors (Lipinski definition) is 3. The molecule has 2 amide bonds. The van der Waals surface area contributed by atoms with Crippen LogP contribution in [0.1, 0.15) is 44.0 Å². The van der Waals surface area contributed by atoms with Gasteiger partial charge in [-0.05, 0) is 44.4 Å². The lowest BCUT2D eigenvalue weighted by molar-refractivity contribution is -0.125. The molecule has 1 aromatic rings. The quantitative estimate of drug-likeness (QED) is 0.637. The minimum Gasteiger partial charge on any atom is -0.497 e. The van der Waals surface area contributed by atoms with E-state index in [0.29, 0.717) is 17.1 Å². The van der Waals surface area contributed by atoms with E-state index in [9.17, 15) is 9.59 Å². The van der Waals surface area contributed by atoms with E-state index < -0.39 is 6.04 Å². The van der Waals surface area contributed by atoms with Gasteiger partial charge >= 0.3 is 0 Å². The predicted octanol–water partition coefficient (Wildman–Crippen LogP) is 2.14. The number of hydrogen-bond acceptors (Lipinski definition) is 5. The second-order valence-corrected chi connectivity index (χ2v) is 7.30. The number of nitrogens with one attached hydrogen (secondary N) is 3. The molecule has 158 valence electrons. The Morgan fingerprint density at radius 2 is 1.75 bits per heavy atom. The van der Waals surface area contributed by atoms with Gasteiger partial charge < -0.3 is 25.4 Å². The maximum atomic E-state index is 12.8. The fraction of sp³-hybridized carbons (Fsp3) is 0.600. The zero-order valence-electron chi connectivity index (χ0n) is 17.2. The Bertz CT molecular complexity index is 647. The van der Waals surface area contributed by atoms with Crippen LogP contribution in [0.2, 0.25) is 0 Å². The first-order valence-corrected chi connectivity index (χ1v) is 9.43. The molecular formula is C20H32ClN3O4. The van der Waals surface area contributed by atoms with Crippen molar-refractivity contribution in [3.63, 3.8) is 0 Å². The smallest absolute Gasteiger partial charge is 0.252 e. The van der Waals surface area contributed by atoms with Crippen molar-refractivity contribution in [1.82, 2.24) is 16.0 Å². The average Bonchev–Trinajstić information content (AvgIpc) is 2.66. The van der Waals surface area contributed by atoms with Gasteiger partial charge in [0, 0.05) is 23.7 Å². The number of benzene rings is 1. The molecule has 28 heavy (non-hydrogen) atoms. The summed E-state index contributed by atoms with van der Waals surface area (Å²) in [6.07, 6.45) is 1.96. The molecule has 8 heteroatoms. The van der Waals surface area contributed by atoms with Gasteiger partial charge in [0.2, 0.25) is 5.91 Å². The Hall–Kier alpha value is -1.99. The van der Waals surface area contributed by atoms with Gasteiger partial charge in [0.1, 0.15) is 17.5 Å². The summed E-state index contributed by atoms with van der Waals surface area (Å²) < 4.78 is 10.4. The molecule has 1 fully saturated rings. The molecule has 1 aliphatic heterocycles. The van der Waals surface area contributed by atoms with E-state index in [1.54, 1.807) is 18.2 Å². The molecule has 7 nitrogen and oxygen atoms in total. The second kappa shape index (κ2) is 11.1. The van der Waals surface area contributed by atoms with Crippen molar-refractivity contribution in [3.8, 4) is 11.5 Å². The summed E-state index contributed by atoms with van der Waals surface area (Å²) in [5, 5.41) is 9.31. The average molecular weight is 414 g/mol. The summed E-state index contributed by atoms with van der Waals surface area (Å²) >= 11 is 0. The Labute approximate surface area is 173 Å². The molecule has 0 saturated carbocycles. The van der Waals surface area contributed by atoms with E-state index in [0.717, 1.165) is 19.4 Å². The minimum atomic E-state index is -0.621. The van der Waals surface area contributed by atoms with Gasteiger partial charge in [-0.2, -0.15) is 0 Å². The highest BCUT2D eigenvalue weighted by Gasteiger charge is 2.29. The fourth-order valence-electron chi connectivity index (χ4n) is 3.21. The van der Waals surface area contributed by atoms with Crippen molar-refractivity contribution in [3.05, 3.63) is 23.8 Å². The van der Waals surface area contributed by atoms with Crippen molar-refractivity contribution in [2.75, 3.05) is 20.8 Å². The van der Waals surface area contributed by atoms with Gasteiger partial charge in [0.15, 0.2) is 0 Å². The lowest BCUT2D eigenvalue weighted by atomic mass is 9.97. The van der Waals surface area contributed by atoms with Gasteiger partial charge in [-0.15, -0.1) is 12.4 Å². The third kappa shape index (κ3) is 6.27. The lowest BCUT2D eigenvalue weighted by Crippen LogP contribution is -2.57. The van der Waals surface area contributed by atoms with Crippen LogP contribution in [0.3, 0.4) is 0 Å². The molecule has 3 unspecified atom stereocenters. The molecule has 1 aliphatic rings. The van der Waals surface area contributed by atoms with Crippen LogP contribution in [0.15, 0.2) is 18.2 Å². The largest absolute Gasteiger partial charge is 0.497 e. The second-order valence-electron chi connectivity index (χ2n) is 7.30. The highest BCUT2D eigenvalue weighted by molar-refractivity contribution is 5.98. The van der Waals surface area contributed by atoms with E-state index in [-0.39, 0.29) is 42.2 Å². The number of carbonyl (C=O) groups excluding carboxylic acids is 2. The molecule has 0 aromatic heterocycles. The Morgan fingerprint density at radius 3 is 2.25 bits per heavy atom. The van der Waals surface area contributed by atoms with E-state index in [2.05, 4.69) is 22.9 Å². The van der Waals surface area contributed by atoms with Gasteiger partial charge in [-0.1, -0.05) is 13.8 Å². The van der Waals surface area contributed by atoms with E-state index >= 15 is 0 Å². The zero-order chi connectivity index (χ0) is 20.0. The van der Waals surface area contributed by atoms with E-state index in [1.807, 2.05) is 13.8 Å². The monoisotopic (exact) mass is 413 g/mol. The molecule has 0 bridgehead atoms. The SMILES string of the molecule is COc1cc(OC)cc(C(=O)NC(C(=O)NC2CCCNC2C)C(C)C)c1.Cl. The maximum absolute atomic E-state index is 12.8. The van der Waals surface area contributed by atoms with Gasteiger partial charge in [0.25, 0.3) is 5.91 Å². The molecule has 1 aromatic carbocycles. The van der Waals surface area contributed by atoms with Crippen LogP contribution >= 0.6 is 12.4 Å². The third-order valence-electron chi connectivity index (χ3n) is 4.94. The number of amides is 2. The zero-order valence-corrected chi connectivity index (χ0v) is 18.0. The summed E-state index contributed by atoms with van der Waals surface area (Å²) in [7, 11) is 3.06. The minimum absolute atomic E-state index is 0. The molecule has 0 aliphatic carbocycles. The highest BCUT2D eigenvalue weighted by Crippen LogP contribution is 2.22. The summed E-state index contributed by atoms with van der Waals surface area (Å²) in [5.74, 6) is 0.497. The summed E-state index contributed by atoms with van der Waals surface area (Å²) in [4.78, 5) is 25.6. The van der Waals surface area contributed by atoms with E-state index in [1.165, 1.54) is 14.2 Å². The Kier molecular flexibility index (Phi) is 9.55. The summed E-state index contributed by atoms with van der Waals surface area (Å²) in [6.45, 7) is 6.86. The number of methoxy groups -OCH3 is 2. The number of rotatable bonds is 7. The first-order chi connectivity index (χ1) is 12.8. The van der Waals surface area contributed by atoms with Crippen LogP contribution in [-0.2, 0) is 4.79 Å². The maximum Gasteiger partial charge on any atom is 0.252 e. The highest BCUT2D eigenvalue weighted by atomic mass is 35.5. The van der Waals surface area contributed by atoms with Crippen LogP contribution < -0.4 is 25.4 Å². The van der Waals surface area contributed by atoms with Gasteiger partial charge in [-0.25, -0.2) is 0 Å². The normalized spacial score (nSPS) is 19.9. The van der Waals surface area contributed by atoms with Crippen molar-refractivity contribution in [2.45, 2.75) is 51.7 Å². The number of piperidine rings is 1. The molecular weight excluding hydrogens is 382 g/mol. The Balaban J connectivity index is 0.00000392. The molecule has 1 saturated heterocycles. The fourth-order valence-corrected chi connectivity index (χ4v) is 3.21. The first-order valence-electron chi connectivity index (χ1n) is 9.43. The molecule has 0 spiro atoms. The topological polar surface area (TPSA) is 88.7 Å². The van der Waals surface area contributed by atoms with Crippen LogP contribution in [0.25, 0.3) is 0 Å². The predicted molar refractivity (Wildman–Crippen MR) is 112 cm³/mol. The lowest BCUT2D eigenvalue weighted by Gasteiger charge is -2.32. The van der Waals surface area contributed by atoms with Crippen LogP contribution in [0.5, 0.6) is 11.5 Å². The number of halogens is 1. The number of carbonyl (C=O) groups is 2. The number of ether oxygens (including phenoxy) is 2. The van der Waals surface area contributed by atoms with Crippen LogP contribution in [-0.4, -0.2) is 50.7 Å². The van der Waals surface area contributed by atoms with Crippen molar-refractivity contribution < 1.29 is 19.1 Å². The van der Waals surface area contributed by atoms with Gasteiger partial charge in [-0.3, -0.25) is 9.59 Å². The first kappa shape index (κ1) is 24.0. The van der Waals surface area contributed by atoms with Gasteiger partial charge in [0.05, 0.1) is 14.2 Å². The Morgan fingerprint density at radius 1 is 1.14 bits per heavy atom. The van der Waals surface area contributed by atoms with Crippen molar-refractivity contribution in [1.29, 1.82) is 0 Å². The molecule has 2 rings (SSSR count).